The van der Waals surface area contributed by atoms with Crippen LogP contribution in [-0.4, -0.2) is 97.1 Å². The van der Waals surface area contributed by atoms with Crippen molar-refractivity contribution in [1.29, 1.82) is 0 Å². The molecule has 1 aromatic heterocycles. The van der Waals surface area contributed by atoms with Crippen molar-refractivity contribution in [3.63, 3.8) is 0 Å². The van der Waals surface area contributed by atoms with Crippen LogP contribution in [0, 0.1) is 0 Å². The van der Waals surface area contributed by atoms with Gasteiger partial charge < -0.3 is 20.4 Å². The van der Waals surface area contributed by atoms with Crippen molar-refractivity contribution in [3.8, 4) is 0 Å². The summed E-state index contributed by atoms with van der Waals surface area (Å²) in [5, 5.41) is 6.77. The van der Waals surface area contributed by atoms with Crippen molar-refractivity contribution in [3.05, 3.63) is 18.5 Å². The fourth-order valence-corrected chi connectivity index (χ4v) is 4.03. The van der Waals surface area contributed by atoms with Crippen molar-refractivity contribution in [1.82, 2.24) is 30.4 Å². The fraction of sp³-hybridized carbons (Fsp3) is 0.727. The zero-order chi connectivity index (χ0) is 21.7. The number of hydrogen-bond donors (Lipinski definition) is 2. The molecule has 0 spiro atoms. The van der Waals surface area contributed by atoms with E-state index in [0.29, 0.717) is 12.3 Å². The van der Waals surface area contributed by atoms with Gasteiger partial charge in [-0.05, 0) is 32.3 Å². The first-order chi connectivity index (χ1) is 15.3. The van der Waals surface area contributed by atoms with E-state index < -0.39 is 0 Å². The van der Waals surface area contributed by atoms with Crippen LogP contribution in [0.5, 0.6) is 0 Å². The number of guanidine groups is 1. The number of aromatic nitrogens is 2. The Kier molecular flexibility index (Phi) is 12.6. The largest absolute Gasteiger partial charge is 0.357 e. The second kappa shape index (κ2) is 15.2. The summed E-state index contributed by atoms with van der Waals surface area (Å²) in [4.78, 5) is 32.2. The van der Waals surface area contributed by atoms with Gasteiger partial charge in [0.05, 0.1) is 0 Å². The van der Waals surface area contributed by atoms with Crippen LogP contribution in [0.4, 0.5) is 5.95 Å². The number of hydrogen-bond acceptors (Lipinski definition) is 6. The predicted molar refractivity (Wildman–Crippen MR) is 140 cm³/mol. The third-order valence-corrected chi connectivity index (χ3v) is 5.80. The lowest BCUT2D eigenvalue weighted by molar-refractivity contribution is -0.130. The molecule has 2 aliphatic heterocycles. The lowest BCUT2D eigenvalue weighted by atomic mass is 10.2. The van der Waals surface area contributed by atoms with Gasteiger partial charge in [-0.15, -0.1) is 24.0 Å². The number of nitrogens with one attached hydrogen (secondary N) is 2. The van der Waals surface area contributed by atoms with E-state index in [0.717, 1.165) is 96.6 Å². The first kappa shape index (κ1) is 26.6. The molecule has 2 fully saturated rings. The van der Waals surface area contributed by atoms with Crippen LogP contribution in [-0.2, 0) is 4.79 Å². The van der Waals surface area contributed by atoms with Crippen LogP contribution in [0.3, 0.4) is 0 Å². The molecule has 0 bridgehead atoms. The first-order valence-electron chi connectivity index (χ1n) is 11.8. The second-order valence-electron chi connectivity index (χ2n) is 8.11. The van der Waals surface area contributed by atoms with E-state index in [2.05, 4.69) is 37.3 Å². The summed E-state index contributed by atoms with van der Waals surface area (Å²) in [7, 11) is 0. The Morgan fingerprint density at radius 1 is 1.03 bits per heavy atom. The fourth-order valence-electron chi connectivity index (χ4n) is 4.03. The van der Waals surface area contributed by atoms with E-state index in [4.69, 9.17) is 4.99 Å². The monoisotopic (exact) mass is 558 g/mol. The molecule has 2 N–H and O–H groups in total. The number of aliphatic imine (C=N–C) groups is 1. The van der Waals surface area contributed by atoms with Crippen LogP contribution >= 0.6 is 24.0 Å². The molecule has 0 aromatic carbocycles. The summed E-state index contributed by atoms with van der Waals surface area (Å²) in [6, 6.07) is 1.85. The van der Waals surface area contributed by atoms with Crippen LogP contribution in [0.2, 0.25) is 0 Å². The molecule has 0 radical (unpaired) electrons. The molecule has 0 aliphatic carbocycles. The molecular weight excluding hydrogens is 519 g/mol. The van der Waals surface area contributed by atoms with Crippen molar-refractivity contribution in [2.75, 3.05) is 70.3 Å². The molecule has 1 aromatic rings. The number of amides is 1. The lowest BCUT2D eigenvalue weighted by Gasteiger charge is -2.34. The average molecular weight is 559 g/mol. The molecule has 3 rings (SSSR count). The number of piperazine rings is 1. The highest BCUT2D eigenvalue weighted by atomic mass is 127. The highest BCUT2D eigenvalue weighted by Crippen LogP contribution is 2.11. The van der Waals surface area contributed by atoms with Gasteiger partial charge in [0.25, 0.3) is 0 Å². The first-order valence-corrected chi connectivity index (χ1v) is 11.8. The number of nitrogens with zero attached hydrogens (tertiary/aromatic N) is 6. The molecule has 3 heterocycles. The minimum absolute atomic E-state index is 0. The van der Waals surface area contributed by atoms with Crippen molar-refractivity contribution in [2.45, 2.75) is 39.0 Å². The predicted octanol–water partition coefficient (Wildman–Crippen LogP) is 1.56. The summed E-state index contributed by atoms with van der Waals surface area (Å²) in [5.41, 5.74) is 0. The molecule has 0 unspecified atom stereocenters. The van der Waals surface area contributed by atoms with Crippen LogP contribution in [0.15, 0.2) is 23.5 Å². The standard InChI is InChI=1S/C22H38N8O.HI/c1-2-23-21(24-11-7-14-29-13-5-3-4-8-20(29)31)25-12-15-28-16-18-30(19-17-28)22-26-9-6-10-27-22;/h6,9-10H,2-5,7-8,11-19H2,1H3,(H2,23,24,25);1H. The second-order valence-corrected chi connectivity index (χ2v) is 8.11. The van der Waals surface area contributed by atoms with Crippen molar-refractivity contribution < 1.29 is 4.79 Å². The number of halogens is 1. The van der Waals surface area contributed by atoms with Gasteiger partial charge in [-0.1, -0.05) is 6.42 Å². The molecule has 0 atom stereocenters. The molecule has 32 heavy (non-hydrogen) atoms. The Bertz CT molecular complexity index is 682. The van der Waals surface area contributed by atoms with Gasteiger partial charge in [0.2, 0.25) is 11.9 Å². The minimum Gasteiger partial charge on any atom is -0.357 e. The van der Waals surface area contributed by atoms with Gasteiger partial charge in [-0.2, -0.15) is 0 Å². The van der Waals surface area contributed by atoms with Crippen molar-refractivity contribution in [2.24, 2.45) is 4.99 Å². The van der Waals surface area contributed by atoms with Crippen LogP contribution < -0.4 is 15.5 Å². The number of likely N-dealkylation sites (tertiary alicyclic amines) is 1. The highest BCUT2D eigenvalue weighted by molar-refractivity contribution is 14.0. The van der Waals surface area contributed by atoms with E-state index in [9.17, 15) is 4.79 Å². The number of rotatable bonds is 9. The molecular formula is C22H39IN8O. The Hall–Kier alpha value is -1.69. The topological polar surface area (TPSA) is 89.0 Å². The maximum absolute atomic E-state index is 12.1. The molecule has 1 amide bonds. The van der Waals surface area contributed by atoms with Gasteiger partial charge in [0, 0.05) is 84.3 Å². The summed E-state index contributed by atoms with van der Waals surface area (Å²) in [6.45, 7) is 11.1. The summed E-state index contributed by atoms with van der Waals surface area (Å²) in [5.74, 6) is 2.00. The minimum atomic E-state index is 0. The van der Waals surface area contributed by atoms with Gasteiger partial charge >= 0.3 is 0 Å². The van der Waals surface area contributed by atoms with Gasteiger partial charge in [0.15, 0.2) is 5.96 Å². The van der Waals surface area contributed by atoms with Gasteiger partial charge in [-0.3, -0.25) is 14.7 Å². The van der Waals surface area contributed by atoms with E-state index in [1.54, 1.807) is 12.4 Å². The smallest absolute Gasteiger partial charge is 0.225 e. The zero-order valence-electron chi connectivity index (χ0n) is 19.3. The maximum atomic E-state index is 12.1. The van der Waals surface area contributed by atoms with Gasteiger partial charge in [0.1, 0.15) is 0 Å². The summed E-state index contributed by atoms with van der Waals surface area (Å²) >= 11 is 0. The van der Waals surface area contributed by atoms with Crippen molar-refractivity contribution >= 4 is 41.8 Å². The highest BCUT2D eigenvalue weighted by Gasteiger charge is 2.18. The van der Waals surface area contributed by atoms with Crippen LogP contribution in [0.25, 0.3) is 0 Å². The number of anilines is 1. The third-order valence-electron chi connectivity index (χ3n) is 5.80. The van der Waals surface area contributed by atoms with Gasteiger partial charge in [-0.25, -0.2) is 9.97 Å². The summed E-state index contributed by atoms with van der Waals surface area (Å²) < 4.78 is 0. The van der Waals surface area contributed by atoms with E-state index in [1.165, 1.54) is 6.42 Å². The molecule has 180 valence electrons. The third kappa shape index (κ3) is 9.05. The zero-order valence-corrected chi connectivity index (χ0v) is 21.7. The van der Waals surface area contributed by atoms with Crippen LogP contribution in [0.1, 0.15) is 39.0 Å². The number of carbonyl (C=O) groups excluding carboxylic acids is 1. The Morgan fingerprint density at radius 2 is 1.81 bits per heavy atom. The van der Waals surface area contributed by atoms with E-state index in [1.807, 2.05) is 11.0 Å². The molecule has 2 aliphatic rings. The SMILES string of the molecule is CCNC(=NCCCN1CCCCCC1=O)NCCN1CCN(c2ncccn2)CC1.I. The number of carbonyl (C=O) groups is 1. The van der Waals surface area contributed by atoms with E-state index >= 15 is 0 Å². The van der Waals surface area contributed by atoms with E-state index in [-0.39, 0.29) is 24.0 Å². The molecule has 2 saturated heterocycles. The average Bonchev–Trinajstić information content (AvgIpc) is 3.01. The Morgan fingerprint density at radius 3 is 2.56 bits per heavy atom. The quantitative estimate of drug-likeness (QED) is 0.206. The Labute approximate surface area is 209 Å². The Balaban J connectivity index is 0.00000363. The maximum Gasteiger partial charge on any atom is 0.225 e. The summed E-state index contributed by atoms with van der Waals surface area (Å²) in [6.07, 6.45) is 8.55. The molecule has 9 nitrogen and oxygen atoms in total. The molecule has 0 saturated carbocycles. The lowest BCUT2D eigenvalue weighted by Crippen LogP contribution is -2.49. The molecule has 10 heteroatoms. The normalized spacial score (nSPS) is 18.2.